The van der Waals surface area contributed by atoms with Crippen LogP contribution in [0, 0.1) is 0 Å². The number of aliphatic hydroxyl groups excluding tert-OH is 3. The molecule has 5 rings (SSSR count). The van der Waals surface area contributed by atoms with Gasteiger partial charge in [0.05, 0.1) is 5.56 Å². The zero-order chi connectivity index (χ0) is 30.8. The number of aliphatic hydroxyl groups is 3. The minimum absolute atomic E-state index is 0.0276. The van der Waals surface area contributed by atoms with Crippen molar-refractivity contribution in [3.05, 3.63) is 82.5 Å². The van der Waals surface area contributed by atoms with Crippen LogP contribution in [-0.2, 0) is 14.3 Å². The number of ether oxygens (including phenoxy) is 3. The monoisotopic (exact) mass is 593 g/mol. The van der Waals surface area contributed by atoms with Gasteiger partial charge in [-0.2, -0.15) is 0 Å². The number of fused-ring (bicyclic) bond motifs is 1. The van der Waals surface area contributed by atoms with E-state index in [1.165, 1.54) is 30.3 Å². The van der Waals surface area contributed by atoms with E-state index in [1.807, 2.05) is 0 Å². The van der Waals surface area contributed by atoms with Gasteiger partial charge in [-0.15, -0.1) is 0 Å². The molecule has 0 bridgehead atoms. The number of phenols is 3. The molecule has 3 aliphatic rings. The van der Waals surface area contributed by atoms with Gasteiger partial charge in [0.2, 0.25) is 6.29 Å². The van der Waals surface area contributed by atoms with Crippen LogP contribution in [0.3, 0.4) is 0 Å². The van der Waals surface area contributed by atoms with Gasteiger partial charge < -0.3 is 54.4 Å². The van der Waals surface area contributed by atoms with Crippen molar-refractivity contribution >= 4 is 12.0 Å². The molecule has 1 saturated heterocycles. The number of hydrogen-bond acceptors (Lipinski definition) is 13. The Morgan fingerprint density at radius 2 is 1.65 bits per heavy atom. The smallest absolute Gasteiger partial charge is 0.330 e. The lowest BCUT2D eigenvalue weighted by molar-refractivity contribution is -0.278. The molecule has 2 aromatic rings. The van der Waals surface area contributed by atoms with Crippen LogP contribution in [0.4, 0.5) is 0 Å². The first-order chi connectivity index (χ1) is 20.5. The van der Waals surface area contributed by atoms with E-state index in [0.29, 0.717) is 5.56 Å². The van der Waals surface area contributed by atoms with Crippen molar-refractivity contribution in [1.82, 2.24) is 0 Å². The van der Waals surface area contributed by atoms with Crippen LogP contribution in [0.5, 0.6) is 28.7 Å². The average molecular weight is 594 g/mol. The van der Waals surface area contributed by atoms with Gasteiger partial charge >= 0.3 is 5.97 Å². The van der Waals surface area contributed by atoms with E-state index in [2.05, 4.69) is 0 Å². The largest absolute Gasteiger partial charge is 0.870 e. The standard InChI is InChI=1S/C30H26O13/c31-16-5-1-14(2-6-16)3-8-25(36)40-13-24-26(37)27(38)28(39)30(43-24)42-23-12-18-20(34)10-17(32)11-22(18)41-29(23)15-4-7-19(33)21(35)9-15/h1-12,24,26-28,30-31,33-35,37-39H,13H2/p-1/b8-3+/t24-,26-,27+,28-,30-/m1/s1. The second-order valence-electron chi connectivity index (χ2n) is 9.66. The number of benzene rings is 3. The van der Waals surface area contributed by atoms with Crippen LogP contribution in [0.2, 0.25) is 0 Å². The van der Waals surface area contributed by atoms with Crippen molar-refractivity contribution < 1.29 is 59.2 Å². The Morgan fingerprint density at radius 3 is 2.37 bits per heavy atom. The lowest BCUT2D eigenvalue weighted by Gasteiger charge is -2.40. The number of esters is 1. The molecule has 0 unspecified atom stereocenters. The second-order valence-corrected chi connectivity index (χ2v) is 9.66. The average Bonchev–Trinajstić information content (AvgIpc) is 2.98. The number of hydrogen-bond donors (Lipinski definition) is 6. The molecule has 0 amide bonds. The molecule has 6 N–H and O–H groups in total. The molecule has 0 saturated carbocycles. The number of carbonyl (C=O) groups is 1. The Labute approximate surface area is 242 Å². The minimum atomic E-state index is -1.82. The molecule has 1 aliphatic carbocycles. The Kier molecular flexibility index (Phi) is 8.23. The summed E-state index contributed by atoms with van der Waals surface area (Å²) in [5.74, 6) is -2.93. The first kappa shape index (κ1) is 29.4. The van der Waals surface area contributed by atoms with Crippen molar-refractivity contribution in [1.29, 1.82) is 0 Å². The molecule has 13 nitrogen and oxygen atoms in total. The van der Waals surface area contributed by atoms with Gasteiger partial charge in [0.15, 0.2) is 16.9 Å². The zero-order valence-corrected chi connectivity index (χ0v) is 22.1. The molecule has 43 heavy (non-hydrogen) atoms. The highest BCUT2D eigenvalue weighted by Crippen LogP contribution is 2.42. The first-order valence-electron chi connectivity index (χ1n) is 12.8. The number of aromatic hydroxyl groups is 3. The van der Waals surface area contributed by atoms with Gasteiger partial charge in [-0.1, -0.05) is 30.0 Å². The van der Waals surface area contributed by atoms with Crippen LogP contribution in [0.1, 0.15) is 5.56 Å². The van der Waals surface area contributed by atoms with E-state index in [1.54, 1.807) is 12.1 Å². The molecule has 1 fully saturated rings. The molecule has 0 aromatic heterocycles. The molecule has 224 valence electrons. The van der Waals surface area contributed by atoms with Gasteiger partial charge in [0.25, 0.3) is 0 Å². The SMILES string of the molecule is O=C(/C=C/c1ccc(O)cc1)OC[C@H]1O[C@@H](Oc2cc3c(O)cc(=O)cc-3oc2-c2ccc([O-])c(O)c2)[C@H](O)[C@@H](O)[C@@H]1O. The fourth-order valence-corrected chi connectivity index (χ4v) is 4.36. The van der Waals surface area contributed by atoms with Gasteiger partial charge in [-0.05, 0) is 35.9 Å². The first-order valence-corrected chi connectivity index (χ1v) is 12.8. The van der Waals surface area contributed by atoms with E-state index < -0.39 is 66.0 Å². The highest BCUT2D eigenvalue weighted by Gasteiger charge is 2.46. The summed E-state index contributed by atoms with van der Waals surface area (Å²) in [6.45, 7) is -0.551. The summed E-state index contributed by atoms with van der Waals surface area (Å²) in [6.07, 6.45) is -5.84. The highest BCUT2D eigenvalue weighted by atomic mass is 16.7. The van der Waals surface area contributed by atoms with Crippen LogP contribution in [-0.4, -0.2) is 73.9 Å². The number of carbonyl (C=O) groups excluding carboxylic acids is 1. The summed E-state index contributed by atoms with van der Waals surface area (Å²) in [6, 6.07) is 12.7. The highest BCUT2D eigenvalue weighted by molar-refractivity contribution is 5.87. The van der Waals surface area contributed by atoms with Gasteiger partial charge in [0.1, 0.15) is 54.0 Å². The van der Waals surface area contributed by atoms with E-state index in [-0.39, 0.29) is 34.1 Å². The van der Waals surface area contributed by atoms with E-state index in [9.17, 15) is 45.3 Å². The molecule has 2 aliphatic heterocycles. The van der Waals surface area contributed by atoms with Gasteiger partial charge in [0, 0.05) is 23.8 Å². The summed E-state index contributed by atoms with van der Waals surface area (Å²) < 4.78 is 22.4. The minimum Gasteiger partial charge on any atom is -0.870 e. The van der Waals surface area contributed by atoms with Crippen LogP contribution < -0.4 is 15.3 Å². The van der Waals surface area contributed by atoms with Crippen molar-refractivity contribution in [3.8, 4) is 51.4 Å². The third-order valence-corrected chi connectivity index (χ3v) is 6.63. The topological polar surface area (TPSA) is 219 Å². The van der Waals surface area contributed by atoms with Gasteiger partial charge in [-0.25, -0.2) is 4.79 Å². The zero-order valence-electron chi connectivity index (χ0n) is 22.1. The maximum absolute atomic E-state index is 12.2. The fourth-order valence-electron chi connectivity index (χ4n) is 4.36. The van der Waals surface area contributed by atoms with E-state index in [0.717, 1.165) is 30.3 Å². The maximum Gasteiger partial charge on any atom is 0.330 e. The third kappa shape index (κ3) is 6.39. The summed E-state index contributed by atoms with van der Waals surface area (Å²) in [4.78, 5) is 24.2. The predicted molar refractivity (Wildman–Crippen MR) is 145 cm³/mol. The van der Waals surface area contributed by atoms with Crippen LogP contribution >= 0.6 is 0 Å². The Bertz CT molecular complexity index is 1680. The summed E-state index contributed by atoms with van der Waals surface area (Å²) in [7, 11) is 0. The molecular weight excluding hydrogens is 568 g/mol. The van der Waals surface area contributed by atoms with Crippen molar-refractivity contribution in [2.75, 3.05) is 6.61 Å². The number of phenolic OH excluding ortho intramolecular Hbond substituents is 3. The van der Waals surface area contributed by atoms with E-state index >= 15 is 0 Å². The second kappa shape index (κ2) is 12.0. The van der Waals surface area contributed by atoms with E-state index in [4.69, 9.17) is 18.6 Å². The molecule has 5 atom stereocenters. The van der Waals surface area contributed by atoms with Gasteiger partial charge in [-0.3, -0.25) is 4.79 Å². The molecule has 2 heterocycles. The number of rotatable bonds is 7. The quantitative estimate of drug-likeness (QED) is 0.130. The van der Waals surface area contributed by atoms with Crippen LogP contribution in [0.15, 0.2) is 76.0 Å². The molecule has 0 radical (unpaired) electrons. The van der Waals surface area contributed by atoms with Crippen molar-refractivity contribution in [2.24, 2.45) is 0 Å². The third-order valence-electron chi connectivity index (χ3n) is 6.63. The Morgan fingerprint density at radius 1 is 0.907 bits per heavy atom. The fraction of sp³-hybridized carbons (Fsp3) is 0.200. The molecular formula is C30H25O13-. The van der Waals surface area contributed by atoms with Crippen LogP contribution in [0.25, 0.3) is 28.7 Å². The summed E-state index contributed by atoms with van der Waals surface area (Å²) >= 11 is 0. The van der Waals surface area contributed by atoms with Crippen molar-refractivity contribution in [3.63, 3.8) is 0 Å². The molecule has 13 heteroatoms. The summed E-state index contributed by atoms with van der Waals surface area (Å²) in [5.41, 5.74) is 0.175. The lowest BCUT2D eigenvalue weighted by Crippen LogP contribution is -2.60. The Balaban J connectivity index is 1.40. The normalized spacial score (nSPS) is 22.1. The van der Waals surface area contributed by atoms with Crippen molar-refractivity contribution in [2.45, 2.75) is 30.7 Å². The maximum atomic E-state index is 12.2. The molecule has 0 spiro atoms. The lowest BCUT2D eigenvalue weighted by atomic mass is 9.99. The predicted octanol–water partition coefficient (Wildman–Crippen LogP) is 1.04. The molecule has 2 aromatic carbocycles. The summed E-state index contributed by atoms with van der Waals surface area (Å²) in [5, 5.41) is 73.0. The Hall–Kier alpha value is -5.08.